The number of aliphatic hydroxyl groups is 1. The summed E-state index contributed by atoms with van der Waals surface area (Å²) in [7, 11) is 3.89. The summed E-state index contributed by atoms with van der Waals surface area (Å²) in [5.74, 6) is 0. The highest BCUT2D eigenvalue weighted by atomic mass is 16.2. The van der Waals surface area contributed by atoms with E-state index >= 15 is 0 Å². The largest absolute Gasteiger partial charge is 0.515 e. The molecule has 2 nitrogen and oxygen atoms in total. The van der Waals surface area contributed by atoms with Crippen LogP contribution < -0.4 is 0 Å². The lowest BCUT2D eigenvalue weighted by Crippen LogP contribution is -2.10. The van der Waals surface area contributed by atoms with Gasteiger partial charge in [0.1, 0.15) is 0 Å². The minimum Gasteiger partial charge on any atom is -0.515 e. The van der Waals surface area contributed by atoms with Crippen LogP contribution in [-0.2, 0) is 0 Å². The molecule has 0 fully saturated rings. The summed E-state index contributed by atoms with van der Waals surface area (Å²) in [6.07, 6.45) is 6.87. The Labute approximate surface area is 60.8 Å². The van der Waals surface area contributed by atoms with Crippen molar-refractivity contribution in [3.8, 4) is 0 Å². The summed E-state index contributed by atoms with van der Waals surface area (Å²) < 4.78 is 0. The van der Waals surface area contributed by atoms with Gasteiger partial charge in [-0.05, 0) is 12.2 Å². The van der Waals surface area contributed by atoms with Gasteiger partial charge in [-0.15, -0.1) is 0 Å². The minimum atomic E-state index is 0.866. The Balaban J connectivity index is 2.82. The maximum Gasteiger partial charge on any atom is 0.0884 e. The Kier molecular flexibility index (Phi) is 1.81. The molecule has 10 heavy (non-hydrogen) atoms. The second kappa shape index (κ2) is 2.60. The predicted molar refractivity (Wildman–Crippen MR) is 41.6 cm³/mol. The zero-order valence-corrected chi connectivity index (χ0v) is 6.20. The highest BCUT2D eigenvalue weighted by molar-refractivity contribution is 5.46. The first-order chi connectivity index (χ1) is 4.75. The first kappa shape index (κ1) is 6.93. The van der Waals surface area contributed by atoms with E-state index in [0.717, 1.165) is 17.5 Å². The van der Waals surface area contributed by atoms with Gasteiger partial charge in [0, 0.05) is 25.4 Å². The summed E-state index contributed by atoms with van der Waals surface area (Å²) in [4.78, 5) is 1.96. The van der Waals surface area contributed by atoms with E-state index < -0.39 is 0 Å². The van der Waals surface area contributed by atoms with Crippen LogP contribution >= 0.6 is 0 Å². The topological polar surface area (TPSA) is 23.5 Å². The van der Waals surface area contributed by atoms with Crippen molar-refractivity contribution in [1.29, 1.82) is 0 Å². The van der Waals surface area contributed by atoms with Crippen LogP contribution in [0.15, 0.2) is 35.8 Å². The summed E-state index contributed by atoms with van der Waals surface area (Å²) in [6.45, 7) is 0. The van der Waals surface area contributed by atoms with Gasteiger partial charge < -0.3 is 10.0 Å². The predicted octanol–water partition coefficient (Wildman–Crippen LogP) is 1.44. The molecule has 1 aliphatic carbocycles. The van der Waals surface area contributed by atoms with Gasteiger partial charge in [-0.2, -0.15) is 0 Å². The Bertz CT molecular complexity index is 211. The fourth-order valence-corrected chi connectivity index (χ4v) is 0.941. The van der Waals surface area contributed by atoms with Gasteiger partial charge in [-0.1, -0.05) is 6.08 Å². The molecular weight excluding hydrogens is 126 g/mol. The molecule has 1 N–H and O–H groups in total. The number of likely N-dealkylation sites (N-methyl/N-ethyl adjacent to an activating group) is 1. The SMILES string of the molecule is CN(C)C1=CC=CC1=CO. The van der Waals surface area contributed by atoms with Gasteiger partial charge in [0.05, 0.1) is 6.26 Å². The molecule has 0 saturated carbocycles. The second-order valence-corrected chi connectivity index (χ2v) is 2.39. The molecule has 0 spiro atoms. The highest BCUT2D eigenvalue weighted by Gasteiger charge is 2.06. The molecule has 0 heterocycles. The molecule has 0 bridgehead atoms. The van der Waals surface area contributed by atoms with Crippen molar-refractivity contribution in [1.82, 2.24) is 4.90 Å². The molecule has 54 valence electrons. The molecule has 0 unspecified atom stereocenters. The number of nitrogens with zero attached hydrogens (tertiary/aromatic N) is 1. The van der Waals surface area contributed by atoms with Crippen LogP contribution in [-0.4, -0.2) is 24.1 Å². The van der Waals surface area contributed by atoms with Crippen LogP contribution in [0.3, 0.4) is 0 Å². The first-order valence-corrected chi connectivity index (χ1v) is 3.16. The summed E-state index contributed by atoms with van der Waals surface area (Å²) in [6, 6.07) is 0. The molecule has 0 aromatic carbocycles. The fraction of sp³-hybridized carbons (Fsp3) is 0.250. The van der Waals surface area contributed by atoms with E-state index in [-0.39, 0.29) is 0 Å². The van der Waals surface area contributed by atoms with Crippen LogP contribution in [0.25, 0.3) is 0 Å². The van der Waals surface area contributed by atoms with Gasteiger partial charge in [0.25, 0.3) is 0 Å². The summed E-state index contributed by atoms with van der Waals surface area (Å²) in [5.41, 5.74) is 1.91. The highest BCUT2D eigenvalue weighted by Crippen LogP contribution is 2.18. The number of hydrogen-bond acceptors (Lipinski definition) is 2. The molecular formula is C8H11NO. The number of aliphatic hydroxyl groups excluding tert-OH is 1. The molecule has 0 aliphatic heterocycles. The van der Waals surface area contributed by atoms with Gasteiger partial charge in [0.15, 0.2) is 0 Å². The summed E-state index contributed by atoms with van der Waals surface area (Å²) in [5, 5.41) is 8.70. The van der Waals surface area contributed by atoms with Crippen LogP contribution in [0, 0.1) is 0 Å². The van der Waals surface area contributed by atoms with Crippen molar-refractivity contribution in [2.24, 2.45) is 0 Å². The molecule has 0 aromatic rings. The molecule has 0 radical (unpaired) electrons. The molecule has 0 atom stereocenters. The lowest BCUT2D eigenvalue weighted by Gasteiger charge is -2.13. The normalized spacial score (nSPS) is 19.8. The molecule has 2 heteroatoms. The van der Waals surface area contributed by atoms with E-state index in [0.29, 0.717) is 0 Å². The van der Waals surface area contributed by atoms with Gasteiger partial charge in [0.2, 0.25) is 0 Å². The van der Waals surface area contributed by atoms with Crippen molar-refractivity contribution in [3.05, 3.63) is 35.8 Å². The Morgan fingerprint density at radius 1 is 1.50 bits per heavy atom. The first-order valence-electron chi connectivity index (χ1n) is 3.16. The lowest BCUT2D eigenvalue weighted by molar-refractivity contribution is 0.460. The summed E-state index contributed by atoms with van der Waals surface area (Å²) >= 11 is 0. The maximum absolute atomic E-state index is 8.70. The third kappa shape index (κ3) is 1.05. The maximum atomic E-state index is 8.70. The quantitative estimate of drug-likeness (QED) is 0.553. The van der Waals surface area contributed by atoms with Crippen molar-refractivity contribution in [2.45, 2.75) is 0 Å². The average molecular weight is 137 g/mol. The van der Waals surface area contributed by atoms with E-state index in [4.69, 9.17) is 5.11 Å². The minimum absolute atomic E-state index is 0.866. The van der Waals surface area contributed by atoms with E-state index in [9.17, 15) is 0 Å². The van der Waals surface area contributed by atoms with Gasteiger partial charge >= 0.3 is 0 Å². The van der Waals surface area contributed by atoms with Crippen molar-refractivity contribution in [2.75, 3.05) is 14.1 Å². The Hall–Kier alpha value is -1.18. The fourth-order valence-electron chi connectivity index (χ4n) is 0.941. The third-order valence-corrected chi connectivity index (χ3v) is 1.45. The Morgan fingerprint density at radius 2 is 2.20 bits per heavy atom. The monoisotopic (exact) mass is 137 g/mol. The van der Waals surface area contributed by atoms with E-state index in [1.54, 1.807) is 0 Å². The third-order valence-electron chi connectivity index (χ3n) is 1.45. The zero-order valence-electron chi connectivity index (χ0n) is 6.20. The van der Waals surface area contributed by atoms with Crippen molar-refractivity contribution < 1.29 is 5.11 Å². The standard InChI is InChI=1S/C8H11NO/c1-9(2)8-5-3-4-7(8)6-10/h3-6,10H,1-2H3. The second-order valence-electron chi connectivity index (χ2n) is 2.39. The van der Waals surface area contributed by atoms with Gasteiger partial charge in [-0.25, -0.2) is 0 Å². The average Bonchev–Trinajstić information content (AvgIpc) is 2.33. The molecule has 1 aliphatic rings. The van der Waals surface area contributed by atoms with Crippen molar-refractivity contribution in [3.63, 3.8) is 0 Å². The lowest BCUT2D eigenvalue weighted by atomic mass is 10.2. The van der Waals surface area contributed by atoms with Crippen LogP contribution in [0.1, 0.15) is 0 Å². The van der Waals surface area contributed by atoms with E-state index in [1.807, 2.05) is 37.2 Å². The molecule has 0 saturated heterocycles. The molecule has 1 rings (SSSR count). The number of allylic oxidation sites excluding steroid dienone is 3. The molecule has 0 amide bonds. The zero-order chi connectivity index (χ0) is 7.56. The number of hydrogen-bond donors (Lipinski definition) is 1. The van der Waals surface area contributed by atoms with Crippen LogP contribution in [0.2, 0.25) is 0 Å². The van der Waals surface area contributed by atoms with Gasteiger partial charge in [-0.3, -0.25) is 0 Å². The smallest absolute Gasteiger partial charge is 0.0884 e. The Morgan fingerprint density at radius 3 is 2.60 bits per heavy atom. The molecule has 0 aromatic heterocycles. The van der Waals surface area contributed by atoms with Crippen LogP contribution in [0.4, 0.5) is 0 Å². The van der Waals surface area contributed by atoms with E-state index in [1.165, 1.54) is 0 Å². The van der Waals surface area contributed by atoms with E-state index in [2.05, 4.69) is 0 Å². The van der Waals surface area contributed by atoms with Crippen molar-refractivity contribution >= 4 is 0 Å². The van der Waals surface area contributed by atoms with Crippen LogP contribution in [0.5, 0.6) is 0 Å². The number of rotatable bonds is 1.